The molecule has 2 rings (SSSR count). The number of aryl methyl sites for hydroxylation is 4. The van der Waals surface area contributed by atoms with Crippen LogP contribution < -0.4 is 0 Å². The molecule has 0 bridgehead atoms. The van der Waals surface area contributed by atoms with Crippen LogP contribution in [0.25, 0.3) is 0 Å². The smallest absolute Gasteiger partial charge is 0.0636 e. The van der Waals surface area contributed by atoms with Crippen LogP contribution >= 0.6 is 0 Å². The summed E-state index contributed by atoms with van der Waals surface area (Å²) in [4.78, 5) is 9.80. The van der Waals surface area contributed by atoms with Gasteiger partial charge in [-0.25, -0.2) is 0 Å². The van der Waals surface area contributed by atoms with Crippen molar-refractivity contribution in [3.63, 3.8) is 0 Å². The van der Waals surface area contributed by atoms with Gasteiger partial charge in [-0.1, -0.05) is 59.6 Å². The minimum absolute atomic E-state index is 0. The Kier molecular flexibility index (Phi) is 12.5. The Morgan fingerprint density at radius 3 is 1.97 bits per heavy atom. The molecule has 2 nitrogen and oxygen atoms in total. The van der Waals surface area contributed by atoms with Crippen molar-refractivity contribution in [2.24, 2.45) is 9.98 Å². The largest absolute Gasteiger partial charge is 0.255 e. The molecule has 3 heteroatoms. The standard InChI is InChI=1S/C27H38N2.Ni/c1-6-11-12-13-26(29-25-15-14-23(9-4)24(10-5)19-25)20-28-27-17-21(7-2)16-22(8-3)18-27;/h14-20H,6-13H2,1-5H3;/b28-20+,29-26+;. The van der Waals surface area contributed by atoms with Gasteiger partial charge in [0.05, 0.1) is 17.1 Å². The van der Waals surface area contributed by atoms with E-state index in [-0.39, 0.29) is 16.5 Å². The molecule has 0 radical (unpaired) electrons. The predicted molar refractivity (Wildman–Crippen MR) is 130 cm³/mol. The fourth-order valence-electron chi connectivity index (χ4n) is 3.60. The third kappa shape index (κ3) is 8.19. The van der Waals surface area contributed by atoms with Gasteiger partial charge >= 0.3 is 0 Å². The molecule has 0 N–H and O–H groups in total. The first-order valence-electron chi connectivity index (χ1n) is 11.5. The average molecular weight is 449 g/mol. The predicted octanol–water partition coefficient (Wildman–Crippen LogP) is 7.99. The molecular weight excluding hydrogens is 411 g/mol. The molecule has 0 heterocycles. The van der Waals surface area contributed by atoms with Crippen molar-refractivity contribution in [2.45, 2.75) is 86.0 Å². The van der Waals surface area contributed by atoms with E-state index in [4.69, 9.17) is 9.98 Å². The normalized spacial score (nSPS) is 11.7. The van der Waals surface area contributed by atoms with Crippen molar-refractivity contribution in [2.75, 3.05) is 0 Å². The van der Waals surface area contributed by atoms with Gasteiger partial charge in [0.25, 0.3) is 0 Å². The Labute approximate surface area is 194 Å². The summed E-state index contributed by atoms with van der Waals surface area (Å²) >= 11 is 0. The zero-order valence-corrected chi connectivity index (χ0v) is 20.4. The molecule has 0 aliphatic rings. The van der Waals surface area contributed by atoms with Crippen LogP contribution in [0.3, 0.4) is 0 Å². The third-order valence-corrected chi connectivity index (χ3v) is 5.48. The van der Waals surface area contributed by atoms with Gasteiger partial charge in [0.2, 0.25) is 0 Å². The molecule has 30 heavy (non-hydrogen) atoms. The molecule has 0 atom stereocenters. The van der Waals surface area contributed by atoms with Crippen molar-refractivity contribution in [3.8, 4) is 0 Å². The van der Waals surface area contributed by atoms with Gasteiger partial charge < -0.3 is 0 Å². The maximum atomic E-state index is 4.98. The number of hydrogen-bond donors (Lipinski definition) is 0. The van der Waals surface area contributed by atoms with Crippen molar-refractivity contribution < 1.29 is 16.5 Å². The van der Waals surface area contributed by atoms with Gasteiger partial charge in [-0.2, -0.15) is 0 Å². The van der Waals surface area contributed by atoms with Crippen LogP contribution in [0.1, 0.15) is 82.6 Å². The van der Waals surface area contributed by atoms with E-state index in [0.717, 1.165) is 55.6 Å². The number of aliphatic imine (C=N–C) groups is 2. The first-order valence-corrected chi connectivity index (χ1v) is 11.5. The second kappa shape index (κ2) is 14.3. The Bertz CT molecular complexity index is 815. The van der Waals surface area contributed by atoms with E-state index in [1.54, 1.807) is 0 Å². The van der Waals surface area contributed by atoms with Gasteiger partial charge in [0.1, 0.15) is 0 Å². The summed E-state index contributed by atoms with van der Waals surface area (Å²) in [6, 6.07) is 13.3. The quantitative estimate of drug-likeness (QED) is 0.189. The van der Waals surface area contributed by atoms with E-state index >= 15 is 0 Å². The van der Waals surface area contributed by atoms with E-state index in [1.165, 1.54) is 35.1 Å². The van der Waals surface area contributed by atoms with Crippen molar-refractivity contribution in [3.05, 3.63) is 58.7 Å². The summed E-state index contributed by atoms with van der Waals surface area (Å²) in [5.41, 5.74) is 8.70. The minimum atomic E-state index is 0. The molecule has 0 spiro atoms. The number of unbranched alkanes of at least 4 members (excludes halogenated alkanes) is 2. The average Bonchev–Trinajstić information content (AvgIpc) is 2.76. The van der Waals surface area contributed by atoms with Gasteiger partial charge in [-0.15, -0.1) is 0 Å². The minimum Gasteiger partial charge on any atom is -0.255 e. The van der Waals surface area contributed by atoms with Crippen LogP contribution in [0.5, 0.6) is 0 Å². The first-order chi connectivity index (χ1) is 14.1. The fourth-order valence-corrected chi connectivity index (χ4v) is 3.60. The molecule has 2 aromatic carbocycles. The molecule has 0 aromatic heterocycles. The maximum Gasteiger partial charge on any atom is 0.0636 e. The van der Waals surface area contributed by atoms with Crippen LogP contribution in [0.4, 0.5) is 11.4 Å². The maximum absolute atomic E-state index is 4.98. The van der Waals surface area contributed by atoms with Gasteiger partial charge in [0.15, 0.2) is 0 Å². The van der Waals surface area contributed by atoms with Crippen LogP contribution in [-0.4, -0.2) is 11.9 Å². The van der Waals surface area contributed by atoms with Crippen LogP contribution in [0, 0.1) is 0 Å². The first kappa shape index (κ1) is 26.3. The monoisotopic (exact) mass is 448 g/mol. The van der Waals surface area contributed by atoms with Gasteiger partial charge in [0, 0.05) is 22.7 Å². The number of nitrogens with zero attached hydrogens (tertiary/aromatic N) is 2. The zero-order valence-electron chi connectivity index (χ0n) is 19.4. The number of benzene rings is 2. The Morgan fingerprint density at radius 2 is 1.40 bits per heavy atom. The molecule has 0 fully saturated rings. The van der Waals surface area contributed by atoms with E-state index in [2.05, 4.69) is 71.0 Å². The van der Waals surface area contributed by atoms with E-state index in [1.807, 2.05) is 6.21 Å². The number of hydrogen-bond acceptors (Lipinski definition) is 2. The summed E-state index contributed by atoms with van der Waals surface area (Å²) in [7, 11) is 0. The van der Waals surface area contributed by atoms with Crippen molar-refractivity contribution >= 4 is 23.3 Å². The summed E-state index contributed by atoms with van der Waals surface area (Å²) in [6.45, 7) is 11.1. The molecule has 0 saturated carbocycles. The second-order valence-corrected chi connectivity index (χ2v) is 7.69. The van der Waals surface area contributed by atoms with Crippen LogP contribution in [0.15, 0.2) is 46.4 Å². The van der Waals surface area contributed by atoms with Crippen LogP contribution in [-0.2, 0) is 42.2 Å². The van der Waals surface area contributed by atoms with Gasteiger partial charge in [-0.3, -0.25) is 9.98 Å². The Morgan fingerprint density at radius 1 is 0.733 bits per heavy atom. The summed E-state index contributed by atoms with van der Waals surface area (Å²) < 4.78 is 0. The van der Waals surface area contributed by atoms with E-state index < -0.39 is 0 Å². The summed E-state index contributed by atoms with van der Waals surface area (Å²) in [5, 5.41) is 0. The van der Waals surface area contributed by atoms with Gasteiger partial charge in [-0.05, 0) is 85.0 Å². The van der Waals surface area contributed by atoms with E-state index in [0.29, 0.717) is 0 Å². The topological polar surface area (TPSA) is 24.7 Å². The molecule has 166 valence electrons. The van der Waals surface area contributed by atoms with Crippen LogP contribution in [0.2, 0.25) is 0 Å². The third-order valence-electron chi connectivity index (χ3n) is 5.48. The molecule has 0 aliphatic carbocycles. The Balaban J connectivity index is 0.00000450. The molecular formula is C27H38N2Ni. The Hall–Kier alpha value is -1.73. The van der Waals surface area contributed by atoms with Crippen molar-refractivity contribution in [1.82, 2.24) is 0 Å². The molecule has 0 amide bonds. The number of rotatable bonds is 11. The molecule has 0 saturated heterocycles. The molecule has 2 aromatic rings. The van der Waals surface area contributed by atoms with Crippen molar-refractivity contribution in [1.29, 1.82) is 0 Å². The SMILES string of the molecule is CCCCCC(/C=N/c1cc(CC)cc(CC)c1)=N\c1ccc(CC)c(CC)c1.[Ni]. The second-order valence-electron chi connectivity index (χ2n) is 7.69. The van der Waals surface area contributed by atoms with E-state index in [9.17, 15) is 0 Å². The molecule has 0 unspecified atom stereocenters. The zero-order chi connectivity index (χ0) is 21.1. The summed E-state index contributed by atoms with van der Waals surface area (Å²) in [6.07, 6.45) is 10.8. The summed E-state index contributed by atoms with van der Waals surface area (Å²) in [5.74, 6) is 0. The molecule has 0 aliphatic heterocycles. The fraction of sp³-hybridized carbons (Fsp3) is 0.481.